The van der Waals surface area contributed by atoms with Crippen LogP contribution in [-0.4, -0.2) is 51.3 Å². The summed E-state index contributed by atoms with van der Waals surface area (Å²) in [6.45, 7) is 4.84. The monoisotopic (exact) mass is 421 g/mol. The molecule has 3 rings (SSSR count). The van der Waals surface area contributed by atoms with E-state index in [0.29, 0.717) is 17.9 Å². The standard InChI is InChI=1S/C19H20B2N3OP.CH6N2.CH4/c1-3-26-16-9-14(18(25)23-15-7-5-4-6-8-15)11-22-17(16)24-12-13(2)10-19(24,20)21;1-3-2;/h3-9,11,13H,10,12H2,1-2H3,(H,23,25);3H,2H2,1H3;1H4. The van der Waals surface area contributed by atoms with Crippen molar-refractivity contribution in [3.8, 4) is 0 Å². The number of anilines is 2. The predicted octanol–water partition coefficient (Wildman–Crippen LogP) is 2.28. The molecule has 156 valence electrons. The van der Waals surface area contributed by atoms with Gasteiger partial charge >= 0.3 is 0 Å². The van der Waals surface area contributed by atoms with Gasteiger partial charge in [0.25, 0.3) is 5.91 Å². The molecular formula is C21H30B2N5OP. The number of carbonyl (C=O) groups excluding carboxylic acids is 1. The van der Waals surface area contributed by atoms with Crippen molar-refractivity contribution in [1.29, 1.82) is 0 Å². The summed E-state index contributed by atoms with van der Waals surface area (Å²) in [6.07, 6.45) is 2.29. The number of nitrogens with two attached hydrogens (primary N) is 1. The number of carbonyl (C=O) groups is 1. The Labute approximate surface area is 184 Å². The molecule has 1 atom stereocenters. The first-order chi connectivity index (χ1) is 13.8. The number of amides is 1. The Balaban J connectivity index is 0.00000106. The largest absolute Gasteiger partial charge is 0.367 e. The van der Waals surface area contributed by atoms with E-state index < -0.39 is 5.34 Å². The summed E-state index contributed by atoms with van der Waals surface area (Å²) in [5.74, 6) is 7.55. The number of aromatic nitrogens is 1. The highest BCUT2D eigenvalue weighted by Crippen LogP contribution is 2.32. The van der Waals surface area contributed by atoms with E-state index in [0.717, 1.165) is 31.6 Å². The molecule has 0 aliphatic carbocycles. The number of nitrogens with zero attached hydrogens (tertiary/aromatic N) is 2. The number of pyridine rings is 1. The van der Waals surface area contributed by atoms with Gasteiger partial charge in [0.15, 0.2) is 0 Å². The van der Waals surface area contributed by atoms with Crippen molar-refractivity contribution in [3.05, 3.63) is 48.2 Å². The topological polar surface area (TPSA) is 83.3 Å². The molecule has 4 radical (unpaired) electrons. The first-order valence-electron chi connectivity index (χ1n) is 9.40. The average molecular weight is 421 g/mol. The molecule has 1 amide bonds. The lowest BCUT2D eigenvalue weighted by atomic mass is 9.59. The van der Waals surface area contributed by atoms with Gasteiger partial charge in [0.05, 0.1) is 21.3 Å². The van der Waals surface area contributed by atoms with Gasteiger partial charge in [-0.25, -0.2) is 4.98 Å². The molecule has 1 aromatic heterocycles. The van der Waals surface area contributed by atoms with E-state index in [1.54, 1.807) is 13.2 Å². The lowest BCUT2D eigenvalue weighted by molar-refractivity contribution is 0.102. The minimum Gasteiger partial charge on any atom is -0.367 e. The van der Waals surface area contributed by atoms with Crippen LogP contribution < -0.4 is 26.8 Å². The molecule has 0 saturated carbocycles. The lowest BCUT2D eigenvalue weighted by Crippen LogP contribution is -2.47. The lowest BCUT2D eigenvalue weighted by Gasteiger charge is -2.34. The molecule has 4 N–H and O–H groups in total. The normalized spacial score (nSPS) is 17.1. The maximum Gasteiger partial charge on any atom is 0.257 e. The van der Waals surface area contributed by atoms with Crippen LogP contribution in [0.15, 0.2) is 42.6 Å². The molecule has 1 aromatic carbocycles. The Morgan fingerprint density at radius 1 is 1.37 bits per heavy atom. The summed E-state index contributed by atoms with van der Waals surface area (Å²) < 4.78 is 0. The van der Waals surface area contributed by atoms with E-state index >= 15 is 0 Å². The maximum absolute atomic E-state index is 12.6. The molecule has 9 heteroatoms. The van der Waals surface area contributed by atoms with Crippen LogP contribution in [0.2, 0.25) is 0 Å². The fourth-order valence-corrected chi connectivity index (χ4v) is 4.02. The zero-order valence-corrected chi connectivity index (χ0v) is 18.0. The van der Waals surface area contributed by atoms with Crippen LogP contribution in [0.25, 0.3) is 0 Å². The predicted molar refractivity (Wildman–Crippen MR) is 132 cm³/mol. The fraction of sp³-hybridized carbons (Fsp3) is 0.381. The number of hydrogen-bond donors (Lipinski definition) is 3. The first kappa shape index (κ1) is 25.9. The molecule has 1 saturated heterocycles. The third-order valence-corrected chi connectivity index (χ3v) is 5.20. The molecular weight excluding hydrogens is 391 g/mol. The Bertz CT molecular complexity index is 849. The van der Waals surface area contributed by atoms with Crippen LogP contribution in [0.5, 0.6) is 0 Å². The van der Waals surface area contributed by atoms with Crippen molar-refractivity contribution in [3.63, 3.8) is 0 Å². The van der Waals surface area contributed by atoms with Crippen LogP contribution in [0.3, 0.4) is 0 Å². The fourth-order valence-electron chi connectivity index (χ4n) is 3.24. The summed E-state index contributed by atoms with van der Waals surface area (Å²) in [5, 5.41) is 2.89. The number of rotatable bonds is 4. The van der Waals surface area contributed by atoms with Crippen molar-refractivity contribution < 1.29 is 4.79 Å². The Morgan fingerprint density at radius 2 is 2.00 bits per heavy atom. The van der Waals surface area contributed by atoms with E-state index in [-0.39, 0.29) is 13.3 Å². The summed E-state index contributed by atoms with van der Waals surface area (Å²) in [5.41, 5.74) is 3.51. The van der Waals surface area contributed by atoms with E-state index in [4.69, 9.17) is 15.7 Å². The van der Waals surface area contributed by atoms with Gasteiger partial charge in [0.2, 0.25) is 0 Å². The van der Waals surface area contributed by atoms with Gasteiger partial charge < -0.3 is 10.2 Å². The van der Waals surface area contributed by atoms with Crippen LogP contribution in [0.4, 0.5) is 11.5 Å². The summed E-state index contributed by atoms with van der Waals surface area (Å²) in [6, 6.07) is 11.2. The third kappa shape index (κ3) is 6.69. The summed E-state index contributed by atoms with van der Waals surface area (Å²) in [7, 11) is 15.2. The average Bonchev–Trinajstić information content (AvgIpc) is 2.95. The van der Waals surface area contributed by atoms with Gasteiger partial charge in [0.1, 0.15) is 5.82 Å². The molecule has 2 aromatic rings. The highest BCUT2D eigenvalue weighted by Gasteiger charge is 2.36. The van der Waals surface area contributed by atoms with E-state index in [9.17, 15) is 4.79 Å². The quantitative estimate of drug-likeness (QED) is 0.306. The minimum atomic E-state index is -0.918. The van der Waals surface area contributed by atoms with E-state index in [1.807, 2.05) is 54.0 Å². The first-order valence-corrected chi connectivity index (χ1v) is 10.4. The van der Waals surface area contributed by atoms with Crippen molar-refractivity contribution in [1.82, 2.24) is 10.4 Å². The second-order valence-corrected chi connectivity index (χ2v) is 8.23. The molecule has 1 fully saturated rings. The van der Waals surface area contributed by atoms with Crippen LogP contribution in [0, 0.1) is 5.92 Å². The Hall–Kier alpha value is -2.14. The molecule has 1 unspecified atom stereocenters. The van der Waals surface area contributed by atoms with Crippen LogP contribution in [0.1, 0.15) is 38.1 Å². The van der Waals surface area contributed by atoms with Gasteiger partial charge in [-0.15, -0.1) is 0 Å². The van der Waals surface area contributed by atoms with Crippen LogP contribution >= 0.6 is 8.20 Å². The second-order valence-electron chi connectivity index (χ2n) is 6.97. The van der Waals surface area contributed by atoms with Crippen molar-refractivity contribution in [2.75, 3.05) is 23.8 Å². The molecule has 0 spiro atoms. The number of nitrogens with one attached hydrogen (secondary N) is 2. The molecule has 1 aliphatic rings. The van der Waals surface area contributed by atoms with Crippen molar-refractivity contribution >= 4 is 52.4 Å². The highest BCUT2D eigenvalue weighted by atomic mass is 31.1. The molecule has 2 heterocycles. The van der Waals surface area contributed by atoms with Gasteiger partial charge in [0, 0.05) is 23.7 Å². The number of hydrazine groups is 1. The van der Waals surface area contributed by atoms with Gasteiger partial charge in [-0.05, 0) is 49.8 Å². The highest BCUT2D eigenvalue weighted by molar-refractivity contribution is 7.47. The summed E-state index contributed by atoms with van der Waals surface area (Å²) in [4.78, 5) is 19.1. The zero-order valence-electron chi connectivity index (χ0n) is 17.1. The zero-order chi connectivity index (χ0) is 21.4. The molecule has 1 aliphatic heterocycles. The smallest absolute Gasteiger partial charge is 0.257 e. The SMILES string of the molecule is C.CNN.[B]C1([B])CC(C)CN1c1ncc(C(=O)Nc2ccccc2)cc1P=CC. The van der Waals surface area contributed by atoms with Gasteiger partial charge in [-0.3, -0.25) is 16.1 Å². The molecule has 0 bridgehead atoms. The Kier molecular flexibility index (Phi) is 10.3. The van der Waals surface area contributed by atoms with Crippen LogP contribution in [-0.2, 0) is 0 Å². The van der Waals surface area contributed by atoms with E-state index in [1.165, 1.54) is 0 Å². The number of para-hydroxylation sites is 1. The van der Waals surface area contributed by atoms with Gasteiger partial charge in [-0.2, -0.15) is 0 Å². The van der Waals surface area contributed by atoms with Crippen molar-refractivity contribution in [2.24, 2.45) is 11.8 Å². The molecule has 30 heavy (non-hydrogen) atoms. The third-order valence-electron chi connectivity index (χ3n) is 4.34. The second kappa shape index (κ2) is 11.9. The van der Waals surface area contributed by atoms with E-state index in [2.05, 4.69) is 28.5 Å². The number of hydrogen-bond acceptors (Lipinski definition) is 5. The van der Waals surface area contributed by atoms with Crippen molar-refractivity contribution in [2.45, 2.75) is 33.0 Å². The Morgan fingerprint density at radius 3 is 2.53 bits per heavy atom. The maximum atomic E-state index is 12.6. The minimum absolute atomic E-state index is 0. The van der Waals surface area contributed by atoms with Gasteiger partial charge in [-0.1, -0.05) is 46.6 Å². The number of benzene rings is 1. The molecule has 6 nitrogen and oxygen atoms in total. The summed E-state index contributed by atoms with van der Waals surface area (Å²) >= 11 is 0.